The first-order chi connectivity index (χ1) is 18.2. The molecule has 6 rings (SSSR count). The minimum Gasteiger partial charge on any atom is -0.461 e. The summed E-state index contributed by atoms with van der Waals surface area (Å²) in [4.78, 5) is 14.7. The number of carbonyl (C=O) groups is 1. The van der Waals surface area contributed by atoms with Gasteiger partial charge in [0.25, 0.3) is 0 Å². The number of likely N-dealkylation sites (tertiary alicyclic amines) is 1. The van der Waals surface area contributed by atoms with Crippen molar-refractivity contribution in [1.82, 2.24) is 4.90 Å². The van der Waals surface area contributed by atoms with Crippen LogP contribution in [0.5, 0.6) is 0 Å². The molecule has 6 nitrogen and oxygen atoms in total. The summed E-state index contributed by atoms with van der Waals surface area (Å²) in [5, 5.41) is 12.0. The number of rotatable bonds is 5. The second-order valence-electron chi connectivity index (χ2n) is 14.6. The van der Waals surface area contributed by atoms with E-state index in [1.165, 1.54) is 51.6 Å². The molecule has 2 saturated heterocycles. The third kappa shape index (κ3) is 4.23. The van der Waals surface area contributed by atoms with Crippen molar-refractivity contribution in [1.29, 1.82) is 0 Å². The van der Waals surface area contributed by atoms with Gasteiger partial charge >= 0.3 is 5.97 Å². The van der Waals surface area contributed by atoms with Crippen molar-refractivity contribution in [3.05, 3.63) is 12.7 Å². The van der Waals surface area contributed by atoms with E-state index in [2.05, 4.69) is 31.4 Å². The number of esters is 1. The lowest BCUT2D eigenvalue weighted by Gasteiger charge is -2.62. The van der Waals surface area contributed by atoms with Gasteiger partial charge in [-0.15, -0.1) is 0 Å². The van der Waals surface area contributed by atoms with Crippen molar-refractivity contribution in [3.63, 3.8) is 0 Å². The van der Waals surface area contributed by atoms with Gasteiger partial charge in [-0.2, -0.15) is 0 Å². The average Bonchev–Trinajstić information content (AvgIpc) is 3.47. The minimum absolute atomic E-state index is 0.00481. The van der Waals surface area contributed by atoms with Crippen LogP contribution in [0.4, 0.5) is 0 Å². The van der Waals surface area contributed by atoms with Crippen LogP contribution in [0.15, 0.2) is 12.7 Å². The fourth-order valence-corrected chi connectivity index (χ4v) is 11.3. The Labute approximate surface area is 230 Å². The number of aliphatic hydroxyl groups excluding tert-OH is 1. The van der Waals surface area contributed by atoms with Crippen LogP contribution in [0.3, 0.4) is 0 Å². The SMILES string of the molecule is C=CC[N+]1(C2C[C@H]3[C@@H]4CCC5CC(OC(C)=O)C(N6CCOCC6)C[C@]5(C)[C@@H]4CC[C@]3(C)C2O)CCCC1. The zero-order chi connectivity index (χ0) is 26.7. The van der Waals surface area contributed by atoms with Gasteiger partial charge in [0.05, 0.1) is 32.8 Å². The van der Waals surface area contributed by atoms with Crippen LogP contribution in [-0.2, 0) is 14.3 Å². The third-order valence-corrected chi connectivity index (χ3v) is 13.1. The fourth-order valence-electron chi connectivity index (χ4n) is 11.3. The summed E-state index contributed by atoms with van der Waals surface area (Å²) in [6.07, 6.45) is 12.7. The van der Waals surface area contributed by atoms with Gasteiger partial charge in [-0.25, -0.2) is 0 Å². The molecule has 0 aromatic heterocycles. The molecule has 38 heavy (non-hydrogen) atoms. The Hall–Kier alpha value is -0.950. The van der Waals surface area contributed by atoms with E-state index in [4.69, 9.17) is 9.47 Å². The van der Waals surface area contributed by atoms with Gasteiger partial charge in [0.2, 0.25) is 0 Å². The predicted octanol–water partition coefficient (Wildman–Crippen LogP) is 4.41. The average molecular weight is 530 g/mol. The molecule has 6 aliphatic rings. The molecule has 214 valence electrons. The first kappa shape index (κ1) is 27.2. The van der Waals surface area contributed by atoms with E-state index < -0.39 is 0 Å². The Morgan fingerprint density at radius 1 is 1.11 bits per heavy atom. The van der Waals surface area contributed by atoms with Crippen molar-refractivity contribution in [3.8, 4) is 0 Å². The summed E-state index contributed by atoms with van der Waals surface area (Å²) in [5.41, 5.74) is 0.316. The van der Waals surface area contributed by atoms with Crippen molar-refractivity contribution in [2.75, 3.05) is 45.9 Å². The highest BCUT2D eigenvalue weighted by atomic mass is 16.5. The van der Waals surface area contributed by atoms with Crippen molar-refractivity contribution >= 4 is 5.97 Å². The minimum atomic E-state index is -0.196. The molecule has 0 bridgehead atoms. The number of aliphatic hydroxyl groups is 1. The molecule has 0 aromatic rings. The number of carbonyl (C=O) groups excluding carboxylic acids is 1. The Bertz CT molecular complexity index is 898. The smallest absolute Gasteiger partial charge is 0.302 e. The van der Waals surface area contributed by atoms with Gasteiger partial charge in [-0.05, 0) is 73.7 Å². The molecule has 0 spiro atoms. The lowest BCUT2D eigenvalue weighted by atomic mass is 9.44. The van der Waals surface area contributed by atoms with E-state index in [1.807, 2.05) is 0 Å². The number of quaternary nitrogens is 1. The number of hydrogen-bond donors (Lipinski definition) is 1. The molecule has 2 aliphatic heterocycles. The number of ether oxygens (including phenoxy) is 2. The fraction of sp³-hybridized carbons (Fsp3) is 0.906. The van der Waals surface area contributed by atoms with E-state index in [1.54, 1.807) is 6.92 Å². The largest absolute Gasteiger partial charge is 0.461 e. The molecule has 4 saturated carbocycles. The molecule has 5 unspecified atom stereocenters. The summed E-state index contributed by atoms with van der Waals surface area (Å²) >= 11 is 0. The number of nitrogens with zero attached hydrogens (tertiary/aromatic N) is 2. The van der Waals surface area contributed by atoms with Gasteiger partial charge < -0.3 is 19.1 Å². The maximum Gasteiger partial charge on any atom is 0.302 e. The van der Waals surface area contributed by atoms with Gasteiger partial charge in [0, 0.05) is 50.7 Å². The number of morpholine rings is 1. The summed E-state index contributed by atoms with van der Waals surface area (Å²) < 4.78 is 12.8. The molecule has 2 heterocycles. The van der Waals surface area contributed by atoms with E-state index in [0.29, 0.717) is 35.8 Å². The summed E-state index contributed by atoms with van der Waals surface area (Å²) in [6, 6.07) is 0.666. The van der Waals surface area contributed by atoms with E-state index in [-0.39, 0.29) is 29.0 Å². The number of fused-ring (bicyclic) bond motifs is 5. The van der Waals surface area contributed by atoms with Gasteiger partial charge in [0.15, 0.2) is 0 Å². The highest BCUT2D eigenvalue weighted by molar-refractivity contribution is 5.66. The molecular formula is C32H53N2O4+. The van der Waals surface area contributed by atoms with Crippen molar-refractivity contribution in [2.45, 2.75) is 103 Å². The standard InChI is InChI=1S/C32H53N2O4/c1-5-14-34(15-6-7-16-34)28-20-26-24-9-8-23-19-29(38-22(2)35)27(33-12-17-37-18-13-33)21-32(23,4)25(24)10-11-31(26,3)30(28)36/h5,23-30,36H,1,6-21H2,2-4H3/q+1/t23?,24-,25-,26+,27?,28?,29?,30?,31+,32+/m1/s1. The second kappa shape index (κ2) is 10.2. The second-order valence-corrected chi connectivity index (χ2v) is 14.6. The quantitative estimate of drug-likeness (QED) is 0.325. The maximum absolute atomic E-state index is 12.1. The van der Waals surface area contributed by atoms with Crippen LogP contribution in [0.2, 0.25) is 0 Å². The zero-order valence-electron chi connectivity index (χ0n) is 24.3. The number of hydrogen-bond acceptors (Lipinski definition) is 5. The maximum atomic E-state index is 12.1. The van der Waals surface area contributed by atoms with Crippen LogP contribution in [0, 0.1) is 34.5 Å². The summed E-state index contributed by atoms with van der Waals surface area (Å²) in [7, 11) is 0. The van der Waals surface area contributed by atoms with E-state index >= 15 is 0 Å². The predicted molar refractivity (Wildman–Crippen MR) is 148 cm³/mol. The zero-order valence-corrected chi connectivity index (χ0v) is 24.3. The van der Waals surface area contributed by atoms with Crippen LogP contribution in [0.1, 0.15) is 78.6 Å². The van der Waals surface area contributed by atoms with Gasteiger partial charge in [0.1, 0.15) is 18.2 Å². The van der Waals surface area contributed by atoms with Crippen LogP contribution < -0.4 is 0 Å². The first-order valence-electron chi connectivity index (χ1n) is 15.9. The van der Waals surface area contributed by atoms with Gasteiger partial charge in [-0.1, -0.05) is 20.4 Å². The van der Waals surface area contributed by atoms with E-state index in [0.717, 1.165) is 56.6 Å². The van der Waals surface area contributed by atoms with Crippen molar-refractivity contribution in [2.24, 2.45) is 34.5 Å². The summed E-state index contributed by atoms with van der Waals surface area (Å²) in [6.45, 7) is 17.6. The van der Waals surface area contributed by atoms with Crippen molar-refractivity contribution < 1.29 is 23.9 Å². The third-order valence-electron chi connectivity index (χ3n) is 13.1. The molecule has 1 N–H and O–H groups in total. The Kier molecular flexibility index (Phi) is 7.27. The van der Waals surface area contributed by atoms with Crippen LogP contribution in [0.25, 0.3) is 0 Å². The molecule has 0 radical (unpaired) electrons. The normalized spacial score (nSPS) is 48.5. The molecule has 0 amide bonds. The molecule has 6 heteroatoms. The molecule has 4 aliphatic carbocycles. The van der Waals surface area contributed by atoms with Crippen LogP contribution >= 0.6 is 0 Å². The lowest BCUT2D eigenvalue weighted by Crippen LogP contribution is -2.61. The molecule has 10 atom stereocenters. The van der Waals surface area contributed by atoms with Crippen LogP contribution in [-0.4, -0.2) is 90.7 Å². The van der Waals surface area contributed by atoms with Gasteiger partial charge in [-0.3, -0.25) is 9.69 Å². The molecule has 0 aromatic carbocycles. The highest BCUT2D eigenvalue weighted by Gasteiger charge is 2.66. The Morgan fingerprint density at radius 3 is 2.53 bits per heavy atom. The summed E-state index contributed by atoms with van der Waals surface area (Å²) in [5.74, 6) is 2.51. The van der Waals surface area contributed by atoms with E-state index in [9.17, 15) is 9.90 Å². The Balaban J connectivity index is 1.27. The first-order valence-corrected chi connectivity index (χ1v) is 15.9. The molecule has 6 fully saturated rings. The molecular weight excluding hydrogens is 476 g/mol. The topological polar surface area (TPSA) is 59.0 Å². The monoisotopic (exact) mass is 529 g/mol. The lowest BCUT2D eigenvalue weighted by molar-refractivity contribution is -0.938. The Morgan fingerprint density at radius 2 is 1.84 bits per heavy atom. The highest BCUT2D eigenvalue weighted by Crippen LogP contribution is 2.67.